The van der Waals surface area contributed by atoms with Gasteiger partial charge in [-0.05, 0) is 11.6 Å². The molecule has 2 fully saturated rings. The summed E-state index contributed by atoms with van der Waals surface area (Å²) in [4.78, 5) is 6.58. The Hall–Kier alpha value is -1.01. The average molecular weight is 263 g/mol. The Kier molecular flexibility index (Phi) is 4.08. The van der Waals surface area contributed by atoms with Crippen molar-refractivity contribution >= 4 is 0 Å². The van der Waals surface area contributed by atoms with Gasteiger partial charge >= 0.3 is 0 Å². The Bertz CT molecular complexity index is 393. The highest BCUT2D eigenvalue weighted by atomic mass is 16.5. The molecule has 0 radical (unpaired) electrons. The lowest BCUT2D eigenvalue weighted by molar-refractivity contribution is -0.108. The van der Waals surface area contributed by atoms with Crippen LogP contribution in [0, 0.1) is 0 Å². The number of nitrogens with one attached hydrogen (secondary N) is 1. The summed E-state index contributed by atoms with van der Waals surface area (Å²) in [6.07, 6.45) is 3.74. The number of morpholine rings is 1. The fourth-order valence-electron chi connectivity index (χ4n) is 2.77. The van der Waals surface area contributed by atoms with Crippen molar-refractivity contribution in [2.75, 3.05) is 46.0 Å². The third-order valence-electron chi connectivity index (χ3n) is 3.69. The molecule has 0 bridgehead atoms. The Morgan fingerprint density at radius 1 is 1.42 bits per heavy atom. The maximum atomic E-state index is 6.01. The van der Waals surface area contributed by atoms with Crippen LogP contribution in [0.4, 0.5) is 0 Å². The highest BCUT2D eigenvalue weighted by molar-refractivity contribution is 5.08. The number of rotatable bonds is 2. The molecule has 19 heavy (non-hydrogen) atoms. The normalized spacial score (nSPS) is 29.3. The van der Waals surface area contributed by atoms with Gasteiger partial charge in [0.25, 0.3) is 0 Å². The predicted octanol–water partition coefficient (Wildman–Crippen LogP) is 0.272. The van der Waals surface area contributed by atoms with Crippen LogP contribution < -0.4 is 5.32 Å². The third-order valence-corrected chi connectivity index (χ3v) is 3.69. The quantitative estimate of drug-likeness (QED) is 0.830. The molecule has 0 amide bonds. The number of pyridine rings is 1. The smallest absolute Gasteiger partial charge is 0.116 e. The van der Waals surface area contributed by atoms with Crippen molar-refractivity contribution in [1.29, 1.82) is 0 Å². The van der Waals surface area contributed by atoms with E-state index in [1.54, 1.807) is 0 Å². The summed E-state index contributed by atoms with van der Waals surface area (Å²) in [5.41, 5.74) is 1.06. The maximum absolute atomic E-state index is 6.01. The van der Waals surface area contributed by atoms with Crippen LogP contribution >= 0.6 is 0 Å². The Morgan fingerprint density at radius 2 is 2.42 bits per heavy atom. The van der Waals surface area contributed by atoms with Crippen molar-refractivity contribution in [3.05, 3.63) is 30.1 Å². The number of aromatic nitrogens is 1. The van der Waals surface area contributed by atoms with Gasteiger partial charge in [-0.1, -0.05) is 6.07 Å². The van der Waals surface area contributed by atoms with Gasteiger partial charge in [0.05, 0.1) is 19.8 Å². The lowest BCUT2D eigenvalue weighted by Crippen LogP contribution is -2.57. The summed E-state index contributed by atoms with van der Waals surface area (Å²) in [5, 5.41) is 3.41. The highest BCUT2D eigenvalue weighted by Crippen LogP contribution is 2.20. The summed E-state index contributed by atoms with van der Waals surface area (Å²) in [6, 6.07) is 4.10. The Labute approximate surface area is 113 Å². The zero-order valence-corrected chi connectivity index (χ0v) is 11.2. The van der Waals surface area contributed by atoms with E-state index in [-0.39, 0.29) is 5.60 Å². The van der Waals surface area contributed by atoms with E-state index < -0.39 is 0 Å². The molecule has 0 aliphatic carbocycles. The minimum absolute atomic E-state index is 0.184. The van der Waals surface area contributed by atoms with Crippen LogP contribution in [-0.2, 0) is 16.0 Å². The first-order valence-corrected chi connectivity index (χ1v) is 6.90. The molecule has 2 saturated heterocycles. The van der Waals surface area contributed by atoms with E-state index in [4.69, 9.17) is 9.47 Å². The molecule has 104 valence electrons. The van der Waals surface area contributed by atoms with Crippen LogP contribution in [0.3, 0.4) is 0 Å². The molecule has 2 aliphatic heterocycles. The summed E-state index contributed by atoms with van der Waals surface area (Å²) in [7, 11) is 0. The standard InChI is InChI=1S/C14H21N3O2/c1-2-13(8-15-3-1)9-17-5-7-18-12-14(11-17)10-16-4-6-19-14/h1-3,8,16H,4-7,9-12H2/t14-/m0/s1. The van der Waals surface area contributed by atoms with Gasteiger partial charge in [-0.3, -0.25) is 9.88 Å². The number of hydrogen-bond acceptors (Lipinski definition) is 5. The molecule has 1 spiro atoms. The Balaban J connectivity index is 1.67. The van der Waals surface area contributed by atoms with Gasteiger partial charge in [-0.15, -0.1) is 0 Å². The molecule has 2 aliphatic rings. The van der Waals surface area contributed by atoms with E-state index in [1.807, 2.05) is 18.5 Å². The molecule has 0 aromatic carbocycles. The molecule has 0 unspecified atom stereocenters. The van der Waals surface area contributed by atoms with Gasteiger partial charge in [0, 0.05) is 45.1 Å². The van der Waals surface area contributed by atoms with E-state index in [2.05, 4.69) is 21.3 Å². The van der Waals surface area contributed by atoms with Crippen molar-refractivity contribution < 1.29 is 9.47 Å². The predicted molar refractivity (Wildman–Crippen MR) is 71.9 cm³/mol. The molecular weight excluding hydrogens is 242 g/mol. The third kappa shape index (κ3) is 3.30. The average Bonchev–Trinajstić information content (AvgIpc) is 2.63. The second kappa shape index (κ2) is 5.96. The van der Waals surface area contributed by atoms with E-state index in [9.17, 15) is 0 Å². The Morgan fingerprint density at radius 3 is 3.21 bits per heavy atom. The molecule has 1 atom stereocenters. The SMILES string of the molecule is c1cncc(CN2CCOC[C@]3(CNCCO3)C2)c1. The van der Waals surface area contributed by atoms with E-state index >= 15 is 0 Å². The summed E-state index contributed by atoms with van der Waals surface area (Å²) in [5.74, 6) is 0. The lowest BCUT2D eigenvalue weighted by atomic mass is 10.0. The van der Waals surface area contributed by atoms with Gasteiger partial charge in [0.15, 0.2) is 0 Å². The highest BCUT2D eigenvalue weighted by Gasteiger charge is 2.37. The number of nitrogens with zero attached hydrogens (tertiary/aromatic N) is 2. The summed E-state index contributed by atoms with van der Waals surface area (Å²) < 4.78 is 11.7. The molecule has 1 N–H and O–H groups in total. The topological polar surface area (TPSA) is 46.6 Å². The van der Waals surface area contributed by atoms with Crippen LogP contribution in [-0.4, -0.2) is 61.5 Å². The lowest BCUT2D eigenvalue weighted by Gasteiger charge is -2.38. The number of ether oxygens (including phenoxy) is 2. The van der Waals surface area contributed by atoms with Crippen LogP contribution in [0.1, 0.15) is 5.56 Å². The van der Waals surface area contributed by atoms with Crippen molar-refractivity contribution in [2.24, 2.45) is 0 Å². The summed E-state index contributed by atoms with van der Waals surface area (Å²) in [6.45, 7) is 6.79. The number of hydrogen-bond donors (Lipinski definition) is 1. The first kappa shape index (κ1) is 13.0. The monoisotopic (exact) mass is 263 g/mol. The van der Waals surface area contributed by atoms with Crippen molar-refractivity contribution in [3.63, 3.8) is 0 Å². The van der Waals surface area contributed by atoms with Crippen molar-refractivity contribution in [2.45, 2.75) is 12.1 Å². The molecule has 3 rings (SSSR count). The van der Waals surface area contributed by atoms with Crippen molar-refractivity contribution in [1.82, 2.24) is 15.2 Å². The van der Waals surface area contributed by atoms with Gasteiger partial charge in [-0.25, -0.2) is 0 Å². The van der Waals surface area contributed by atoms with Gasteiger partial charge in [-0.2, -0.15) is 0 Å². The second-order valence-electron chi connectivity index (χ2n) is 5.33. The van der Waals surface area contributed by atoms with E-state index in [1.165, 1.54) is 5.56 Å². The van der Waals surface area contributed by atoms with Gasteiger partial charge < -0.3 is 14.8 Å². The van der Waals surface area contributed by atoms with E-state index in [0.29, 0.717) is 6.61 Å². The zero-order valence-electron chi connectivity index (χ0n) is 11.2. The van der Waals surface area contributed by atoms with E-state index in [0.717, 1.165) is 45.9 Å². The van der Waals surface area contributed by atoms with Crippen LogP contribution in [0.5, 0.6) is 0 Å². The molecule has 1 aromatic rings. The largest absolute Gasteiger partial charge is 0.377 e. The molecule has 5 heteroatoms. The van der Waals surface area contributed by atoms with Gasteiger partial charge in [0.2, 0.25) is 0 Å². The minimum atomic E-state index is -0.184. The molecule has 5 nitrogen and oxygen atoms in total. The molecule has 1 aromatic heterocycles. The fraction of sp³-hybridized carbons (Fsp3) is 0.643. The van der Waals surface area contributed by atoms with Crippen LogP contribution in [0.2, 0.25) is 0 Å². The zero-order chi connectivity index (χ0) is 13.0. The van der Waals surface area contributed by atoms with Crippen molar-refractivity contribution in [3.8, 4) is 0 Å². The molecule has 3 heterocycles. The van der Waals surface area contributed by atoms with Gasteiger partial charge in [0.1, 0.15) is 5.60 Å². The molecule has 0 saturated carbocycles. The van der Waals surface area contributed by atoms with Crippen LogP contribution in [0.25, 0.3) is 0 Å². The van der Waals surface area contributed by atoms with Crippen LogP contribution in [0.15, 0.2) is 24.5 Å². The first-order chi connectivity index (χ1) is 9.36. The molecular formula is C14H21N3O2. The second-order valence-corrected chi connectivity index (χ2v) is 5.33. The summed E-state index contributed by atoms with van der Waals surface area (Å²) >= 11 is 0. The fourth-order valence-corrected chi connectivity index (χ4v) is 2.77. The minimum Gasteiger partial charge on any atom is -0.377 e. The maximum Gasteiger partial charge on any atom is 0.116 e. The first-order valence-electron chi connectivity index (χ1n) is 6.90.